The average molecular weight is 497 g/mol. The highest BCUT2D eigenvalue weighted by Crippen LogP contribution is 2.29. The van der Waals surface area contributed by atoms with Crippen LogP contribution < -0.4 is 10.3 Å². The number of methoxy groups -OCH3 is 1. The predicted molar refractivity (Wildman–Crippen MR) is 132 cm³/mol. The van der Waals surface area contributed by atoms with E-state index in [0.717, 1.165) is 5.56 Å². The minimum Gasteiger partial charge on any atom is -0.495 e. The Morgan fingerprint density at radius 3 is 2.73 bits per heavy atom. The number of Topliss-reactive ketones (excluding diaryl/α,β-unsaturated/α-hetero) is 1. The fraction of sp³-hybridized carbons (Fsp3) is 0.130. The summed E-state index contributed by atoms with van der Waals surface area (Å²) in [7, 11) is 1.56. The van der Waals surface area contributed by atoms with Crippen LogP contribution in [0.1, 0.15) is 15.2 Å². The Morgan fingerprint density at radius 2 is 1.97 bits per heavy atom. The number of benzene rings is 2. The Hall–Kier alpha value is -3.14. The van der Waals surface area contributed by atoms with Crippen molar-refractivity contribution in [1.82, 2.24) is 19.2 Å². The van der Waals surface area contributed by atoms with Crippen molar-refractivity contribution in [2.45, 2.75) is 12.1 Å². The highest BCUT2D eigenvalue weighted by molar-refractivity contribution is 7.99. The number of nitrogens with zero attached hydrogens (tertiary/aromatic N) is 4. The zero-order valence-corrected chi connectivity index (χ0v) is 20.0. The summed E-state index contributed by atoms with van der Waals surface area (Å²) in [4.78, 5) is 26.7. The molecule has 0 spiro atoms. The van der Waals surface area contributed by atoms with Gasteiger partial charge in [0, 0.05) is 0 Å². The van der Waals surface area contributed by atoms with E-state index in [-0.39, 0.29) is 17.1 Å². The van der Waals surface area contributed by atoms with E-state index < -0.39 is 0 Å². The van der Waals surface area contributed by atoms with Crippen LogP contribution in [0.25, 0.3) is 22.4 Å². The van der Waals surface area contributed by atoms with Crippen molar-refractivity contribution in [3.63, 3.8) is 0 Å². The Balaban J connectivity index is 1.69. The van der Waals surface area contributed by atoms with Crippen molar-refractivity contribution in [3.05, 3.63) is 79.7 Å². The summed E-state index contributed by atoms with van der Waals surface area (Å²) in [5, 5.41) is 9.68. The van der Waals surface area contributed by atoms with Crippen LogP contribution in [0.4, 0.5) is 0 Å². The van der Waals surface area contributed by atoms with E-state index >= 15 is 0 Å². The smallest absolute Gasteiger partial charge is 0.267 e. The Labute approximate surface area is 201 Å². The molecule has 0 aliphatic rings. The molecule has 166 valence electrons. The number of ketones is 1. The summed E-state index contributed by atoms with van der Waals surface area (Å²) >= 11 is 8.47. The van der Waals surface area contributed by atoms with Gasteiger partial charge >= 0.3 is 0 Å². The largest absolute Gasteiger partial charge is 0.495 e. The second-order valence-electron chi connectivity index (χ2n) is 7.27. The topological polar surface area (TPSA) is 78.5 Å². The number of carbonyl (C=O) groups excluding carboxylic acids is 1. The minimum absolute atomic E-state index is 0.0494. The molecular formula is C23H17ClN4O3S2. The number of halogens is 1. The van der Waals surface area contributed by atoms with Crippen molar-refractivity contribution < 1.29 is 9.53 Å². The van der Waals surface area contributed by atoms with Gasteiger partial charge in [-0.25, -0.2) is 4.57 Å². The highest BCUT2D eigenvalue weighted by Gasteiger charge is 2.21. The molecule has 3 heterocycles. The molecule has 0 aliphatic carbocycles. The van der Waals surface area contributed by atoms with E-state index in [4.69, 9.17) is 16.3 Å². The number of hydrogen-bond donors (Lipinski definition) is 0. The van der Waals surface area contributed by atoms with Crippen LogP contribution in [0.15, 0.2) is 64.5 Å². The lowest BCUT2D eigenvalue weighted by molar-refractivity contribution is 0.102. The van der Waals surface area contributed by atoms with Gasteiger partial charge < -0.3 is 4.74 Å². The van der Waals surface area contributed by atoms with E-state index in [0.29, 0.717) is 42.5 Å². The maximum Gasteiger partial charge on any atom is 0.267 e. The molecule has 5 aromatic rings. The molecule has 7 nitrogen and oxygen atoms in total. The molecule has 10 heteroatoms. The first kappa shape index (κ1) is 21.7. The second kappa shape index (κ2) is 8.66. The predicted octanol–water partition coefficient (Wildman–Crippen LogP) is 5.04. The number of fused-ring (bicyclic) bond motifs is 3. The summed E-state index contributed by atoms with van der Waals surface area (Å²) in [6, 6.07) is 16.3. The van der Waals surface area contributed by atoms with Gasteiger partial charge in [0.25, 0.3) is 5.56 Å². The summed E-state index contributed by atoms with van der Waals surface area (Å²) in [6.07, 6.45) is 0. The van der Waals surface area contributed by atoms with Gasteiger partial charge in [-0.2, -0.15) is 0 Å². The van der Waals surface area contributed by atoms with E-state index in [1.54, 1.807) is 29.7 Å². The summed E-state index contributed by atoms with van der Waals surface area (Å²) in [5.74, 6) is 1.00. The number of para-hydroxylation sites is 1. The first-order chi connectivity index (χ1) is 16.0. The lowest BCUT2D eigenvalue weighted by Crippen LogP contribution is -2.22. The van der Waals surface area contributed by atoms with Gasteiger partial charge in [-0.05, 0) is 48.9 Å². The molecule has 0 amide bonds. The van der Waals surface area contributed by atoms with Crippen molar-refractivity contribution >= 4 is 57.2 Å². The lowest BCUT2D eigenvalue weighted by atomic mass is 10.2. The van der Waals surface area contributed by atoms with Crippen molar-refractivity contribution in [3.8, 4) is 11.4 Å². The van der Waals surface area contributed by atoms with Crippen LogP contribution in [-0.4, -0.2) is 37.8 Å². The Bertz CT molecular complexity index is 1590. The number of aryl methyl sites for hydroxylation is 1. The molecule has 0 radical (unpaired) electrons. The Kier molecular flexibility index (Phi) is 5.69. The fourth-order valence-corrected chi connectivity index (χ4v) is 5.52. The molecule has 0 atom stereocenters. The summed E-state index contributed by atoms with van der Waals surface area (Å²) in [5.41, 5.74) is 1.99. The molecule has 0 N–H and O–H groups in total. The molecular weight excluding hydrogens is 480 g/mol. The van der Waals surface area contributed by atoms with Gasteiger partial charge in [-0.1, -0.05) is 41.6 Å². The van der Waals surface area contributed by atoms with Gasteiger partial charge in [0.1, 0.15) is 5.75 Å². The molecule has 0 fully saturated rings. The lowest BCUT2D eigenvalue weighted by Gasteiger charge is -2.14. The van der Waals surface area contributed by atoms with E-state index in [1.807, 2.05) is 43.3 Å². The average Bonchev–Trinajstić information content (AvgIpc) is 3.44. The summed E-state index contributed by atoms with van der Waals surface area (Å²) in [6.45, 7) is 1.94. The van der Waals surface area contributed by atoms with Crippen LogP contribution in [0.5, 0.6) is 5.75 Å². The zero-order valence-electron chi connectivity index (χ0n) is 17.6. The molecule has 0 bridgehead atoms. The first-order valence-electron chi connectivity index (χ1n) is 9.93. The van der Waals surface area contributed by atoms with Gasteiger partial charge in [-0.15, -0.1) is 21.5 Å². The molecule has 0 unspecified atom stereocenters. The van der Waals surface area contributed by atoms with Crippen LogP contribution in [0.3, 0.4) is 0 Å². The van der Waals surface area contributed by atoms with Crippen LogP contribution in [-0.2, 0) is 0 Å². The third kappa shape index (κ3) is 3.82. The third-order valence-corrected chi connectivity index (χ3v) is 7.35. The van der Waals surface area contributed by atoms with Crippen molar-refractivity contribution in [1.29, 1.82) is 0 Å². The Morgan fingerprint density at radius 1 is 1.15 bits per heavy atom. The quantitative estimate of drug-likeness (QED) is 0.242. The van der Waals surface area contributed by atoms with Crippen LogP contribution >= 0.6 is 34.7 Å². The number of thiophene rings is 1. The van der Waals surface area contributed by atoms with E-state index in [1.165, 1.54) is 27.7 Å². The zero-order chi connectivity index (χ0) is 23.1. The third-order valence-electron chi connectivity index (χ3n) is 5.15. The summed E-state index contributed by atoms with van der Waals surface area (Å²) < 4.78 is 9.41. The number of hydrogen-bond acceptors (Lipinski definition) is 7. The van der Waals surface area contributed by atoms with Gasteiger partial charge in [-0.3, -0.25) is 14.0 Å². The minimum atomic E-state index is -0.227. The van der Waals surface area contributed by atoms with Crippen molar-refractivity contribution in [2.75, 3.05) is 12.9 Å². The fourth-order valence-electron chi connectivity index (χ4n) is 3.63. The second-order valence-corrected chi connectivity index (χ2v) is 9.92. The standard InChI is InChI=1S/C23H17ClN4O3S2/c1-13-7-8-18(31-2)16(11-13)27-21(30)14-5-3-4-6-15(14)28-22(27)25-26-23(28)32-12-17(29)19-9-10-20(24)33-19/h3-11H,12H2,1-2H3. The highest BCUT2D eigenvalue weighted by atomic mass is 35.5. The molecule has 5 rings (SSSR count). The number of rotatable bonds is 6. The number of carbonyl (C=O) groups is 1. The van der Waals surface area contributed by atoms with Gasteiger partial charge in [0.2, 0.25) is 5.78 Å². The van der Waals surface area contributed by atoms with E-state index in [9.17, 15) is 9.59 Å². The molecule has 2 aromatic carbocycles. The molecule has 33 heavy (non-hydrogen) atoms. The van der Waals surface area contributed by atoms with Crippen LogP contribution in [0.2, 0.25) is 4.34 Å². The van der Waals surface area contributed by atoms with Gasteiger partial charge in [0.05, 0.1) is 38.7 Å². The molecule has 0 aliphatic heterocycles. The maximum absolute atomic E-state index is 13.5. The normalized spacial score (nSPS) is 11.4. The molecule has 0 saturated heterocycles. The van der Waals surface area contributed by atoms with Gasteiger partial charge in [0.15, 0.2) is 10.9 Å². The number of thioether (sulfide) groups is 1. The maximum atomic E-state index is 13.5. The number of ether oxygens (including phenoxy) is 1. The van der Waals surface area contributed by atoms with Crippen molar-refractivity contribution in [2.24, 2.45) is 0 Å². The SMILES string of the molecule is COc1ccc(C)cc1-n1c(=O)c2ccccc2n2c(SCC(=O)c3ccc(Cl)s3)nnc12. The first-order valence-corrected chi connectivity index (χ1v) is 12.1. The van der Waals surface area contributed by atoms with Crippen LogP contribution in [0, 0.1) is 6.92 Å². The molecule has 3 aromatic heterocycles. The monoisotopic (exact) mass is 496 g/mol. The molecule has 0 saturated carbocycles. The number of aromatic nitrogens is 4. The van der Waals surface area contributed by atoms with E-state index in [2.05, 4.69) is 10.2 Å².